The molecule has 0 aliphatic heterocycles. The van der Waals surface area contributed by atoms with Gasteiger partial charge in [0.25, 0.3) is 0 Å². The Balaban J connectivity index is 2.90. The highest BCUT2D eigenvalue weighted by Gasteiger charge is 2.24. The molecule has 1 N–H and O–H groups in total. The fourth-order valence-electron chi connectivity index (χ4n) is 1.34. The summed E-state index contributed by atoms with van der Waals surface area (Å²) in [5, 5.41) is 14.0. The number of nitrogens with one attached hydrogen (secondary N) is 1. The molecule has 100 valence electrons. The Morgan fingerprint density at radius 2 is 2.06 bits per heavy atom. The summed E-state index contributed by atoms with van der Waals surface area (Å²) in [6, 6.07) is 3.14. The van der Waals surface area contributed by atoms with Crippen LogP contribution >= 0.6 is 0 Å². The second kappa shape index (κ2) is 5.33. The largest absolute Gasteiger partial charge is 0.364 e. The Bertz CT molecular complexity index is 442. The summed E-state index contributed by atoms with van der Waals surface area (Å²) in [6.07, 6.45) is 0. The zero-order valence-corrected chi connectivity index (χ0v) is 11.7. The zero-order valence-electron chi connectivity index (χ0n) is 11.7. The normalized spacial score (nSPS) is 11.7. The third kappa shape index (κ3) is 3.42. The molecule has 0 spiro atoms. The van der Waals surface area contributed by atoms with Crippen LogP contribution in [0, 0.1) is 28.4 Å². The summed E-state index contributed by atoms with van der Waals surface area (Å²) < 4.78 is 0. The van der Waals surface area contributed by atoms with Crippen LogP contribution in [0.2, 0.25) is 0 Å². The topological polar surface area (TPSA) is 68.1 Å². The Morgan fingerprint density at radius 3 is 2.56 bits per heavy atom. The molecule has 1 rings (SSSR count). The summed E-state index contributed by atoms with van der Waals surface area (Å²) in [6.45, 7) is 11.0. The zero-order chi connectivity index (χ0) is 13.9. The molecular weight excluding hydrogens is 230 g/mol. The Kier molecular flexibility index (Phi) is 4.27. The molecule has 0 amide bonds. The predicted octanol–water partition coefficient (Wildman–Crippen LogP) is 3.39. The minimum atomic E-state index is -0.406. The van der Waals surface area contributed by atoms with E-state index >= 15 is 0 Å². The SMILES string of the molecule is Cc1ccc([N+](=O)[O-])c(NCC(C)(C)C(C)C)n1. The van der Waals surface area contributed by atoms with E-state index in [1.54, 1.807) is 6.07 Å². The second-order valence-electron chi connectivity index (χ2n) is 5.57. The highest BCUT2D eigenvalue weighted by molar-refractivity contribution is 5.56. The van der Waals surface area contributed by atoms with Crippen molar-refractivity contribution in [2.45, 2.75) is 34.6 Å². The second-order valence-corrected chi connectivity index (χ2v) is 5.57. The average Bonchev–Trinajstić information content (AvgIpc) is 2.26. The van der Waals surface area contributed by atoms with E-state index in [9.17, 15) is 10.1 Å². The van der Waals surface area contributed by atoms with Crippen molar-refractivity contribution in [1.29, 1.82) is 0 Å². The van der Waals surface area contributed by atoms with E-state index in [1.807, 2.05) is 6.92 Å². The number of pyridine rings is 1. The summed E-state index contributed by atoms with van der Waals surface area (Å²) in [7, 11) is 0. The van der Waals surface area contributed by atoms with Gasteiger partial charge in [0.15, 0.2) is 0 Å². The monoisotopic (exact) mass is 251 g/mol. The molecule has 1 heterocycles. The van der Waals surface area contributed by atoms with Crippen molar-refractivity contribution in [3.8, 4) is 0 Å². The van der Waals surface area contributed by atoms with Crippen LogP contribution in [-0.4, -0.2) is 16.5 Å². The van der Waals surface area contributed by atoms with Crippen molar-refractivity contribution in [3.63, 3.8) is 0 Å². The number of anilines is 1. The molecule has 0 aromatic carbocycles. The molecule has 0 saturated heterocycles. The molecule has 0 unspecified atom stereocenters. The lowest BCUT2D eigenvalue weighted by Crippen LogP contribution is -2.29. The van der Waals surface area contributed by atoms with Gasteiger partial charge in [0.2, 0.25) is 5.82 Å². The van der Waals surface area contributed by atoms with Crippen molar-refractivity contribution >= 4 is 11.5 Å². The first-order valence-corrected chi connectivity index (χ1v) is 6.10. The molecule has 18 heavy (non-hydrogen) atoms. The maximum absolute atomic E-state index is 10.9. The van der Waals surface area contributed by atoms with Gasteiger partial charge in [0.1, 0.15) is 0 Å². The summed E-state index contributed by atoms with van der Waals surface area (Å²) in [5.74, 6) is 0.836. The molecule has 0 atom stereocenters. The minimum Gasteiger partial charge on any atom is -0.364 e. The van der Waals surface area contributed by atoms with Crippen molar-refractivity contribution in [1.82, 2.24) is 4.98 Å². The molecule has 0 bridgehead atoms. The van der Waals surface area contributed by atoms with Crippen LogP contribution in [0.5, 0.6) is 0 Å². The maximum atomic E-state index is 10.9. The van der Waals surface area contributed by atoms with Crippen molar-refractivity contribution in [2.24, 2.45) is 11.3 Å². The highest BCUT2D eigenvalue weighted by atomic mass is 16.6. The Hall–Kier alpha value is -1.65. The third-order valence-corrected chi connectivity index (χ3v) is 3.48. The van der Waals surface area contributed by atoms with Gasteiger partial charge in [-0.1, -0.05) is 27.7 Å². The van der Waals surface area contributed by atoms with Crippen LogP contribution in [0.15, 0.2) is 12.1 Å². The molecule has 0 aliphatic carbocycles. The van der Waals surface area contributed by atoms with Gasteiger partial charge in [0.05, 0.1) is 4.92 Å². The fraction of sp³-hybridized carbons (Fsp3) is 0.615. The first kappa shape index (κ1) is 14.4. The first-order valence-electron chi connectivity index (χ1n) is 6.10. The third-order valence-electron chi connectivity index (χ3n) is 3.48. The molecular formula is C13H21N3O2. The van der Waals surface area contributed by atoms with E-state index in [2.05, 4.69) is 38.0 Å². The molecule has 0 fully saturated rings. The van der Waals surface area contributed by atoms with Crippen LogP contribution in [0.1, 0.15) is 33.4 Å². The predicted molar refractivity (Wildman–Crippen MR) is 72.7 cm³/mol. The number of aromatic nitrogens is 1. The molecule has 5 heteroatoms. The molecule has 0 saturated carbocycles. The number of aryl methyl sites for hydroxylation is 1. The van der Waals surface area contributed by atoms with Crippen molar-refractivity contribution < 1.29 is 4.92 Å². The van der Waals surface area contributed by atoms with Crippen LogP contribution in [0.4, 0.5) is 11.5 Å². The van der Waals surface area contributed by atoms with E-state index < -0.39 is 4.92 Å². The first-order chi connectivity index (χ1) is 8.24. The Morgan fingerprint density at radius 1 is 1.44 bits per heavy atom. The van der Waals surface area contributed by atoms with E-state index in [4.69, 9.17) is 0 Å². The van der Waals surface area contributed by atoms with Gasteiger partial charge < -0.3 is 5.32 Å². The lowest BCUT2D eigenvalue weighted by Gasteiger charge is -2.29. The number of hydrogen-bond acceptors (Lipinski definition) is 4. The van der Waals surface area contributed by atoms with Crippen LogP contribution in [0.3, 0.4) is 0 Å². The van der Waals surface area contributed by atoms with E-state index in [0.29, 0.717) is 18.3 Å². The molecule has 1 aromatic heterocycles. The Labute approximate surface area is 108 Å². The van der Waals surface area contributed by atoms with Crippen LogP contribution < -0.4 is 5.32 Å². The molecule has 0 radical (unpaired) electrons. The summed E-state index contributed by atoms with van der Waals surface area (Å²) >= 11 is 0. The minimum absolute atomic E-state index is 0.0279. The average molecular weight is 251 g/mol. The lowest BCUT2D eigenvalue weighted by molar-refractivity contribution is -0.384. The number of nitrogens with zero attached hydrogens (tertiary/aromatic N) is 2. The van der Waals surface area contributed by atoms with E-state index in [-0.39, 0.29) is 11.1 Å². The quantitative estimate of drug-likeness (QED) is 0.643. The number of hydrogen-bond donors (Lipinski definition) is 1. The van der Waals surface area contributed by atoms with E-state index in [0.717, 1.165) is 5.69 Å². The van der Waals surface area contributed by atoms with Crippen LogP contribution in [0.25, 0.3) is 0 Å². The van der Waals surface area contributed by atoms with Gasteiger partial charge >= 0.3 is 5.69 Å². The molecule has 5 nitrogen and oxygen atoms in total. The standard InChI is InChI=1S/C13H21N3O2/c1-9(2)13(4,5)8-14-12-11(16(17)18)7-6-10(3)15-12/h6-7,9H,8H2,1-5H3,(H,14,15). The summed E-state index contributed by atoms with van der Waals surface area (Å²) in [5.41, 5.74) is 0.852. The molecule has 0 aliphatic rings. The van der Waals surface area contributed by atoms with Gasteiger partial charge in [-0.25, -0.2) is 4.98 Å². The number of nitro groups is 1. The van der Waals surface area contributed by atoms with Crippen LogP contribution in [-0.2, 0) is 0 Å². The van der Waals surface area contributed by atoms with Gasteiger partial charge in [0, 0.05) is 18.3 Å². The smallest absolute Gasteiger partial charge is 0.311 e. The summed E-state index contributed by atoms with van der Waals surface area (Å²) in [4.78, 5) is 14.7. The van der Waals surface area contributed by atoms with E-state index in [1.165, 1.54) is 6.07 Å². The van der Waals surface area contributed by atoms with Gasteiger partial charge in [-0.3, -0.25) is 10.1 Å². The van der Waals surface area contributed by atoms with Gasteiger partial charge in [-0.2, -0.15) is 0 Å². The van der Waals surface area contributed by atoms with Gasteiger partial charge in [-0.15, -0.1) is 0 Å². The molecule has 1 aromatic rings. The van der Waals surface area contributed by atoms with Gasteiger partial charge in [-0.05, 0) is 24.3 Å². The maximum Gasteiger partial charge on any atom is 0.311 e. The lowest BCUT2D eigenvalue weighted by atomic mass is 9.81. The number of rotatable bonds is 5. The fourth-order valence-corrected chi connectivity index (χ4v) is 1.34. The highest BCUT2D eigenvalue weighted by Crippen LogP contribution is 2.28. The van der Waals surface area contributed by atoms with Crippen molar-refractivity contribution in [2.75, 3.05) is 11.9 Å². The van der Waals surface area contributed by atoms with Crippen molar-refractivity contribution in [3.05, 3.63) is 27.9 Å².